The Labute approximate surface area is 193 Å². The largest absolute Gasteiger partial charge is 0.467 e. The van der Waals surface area contributed by atoms with Gasteiger partial charge in [0.25, 0.3) is 0 Å². The fourth-order valence-electron chi connectivity index (χ4n) is 3.71. The number of benzene rings is 3. The maximum absolute atomic E-state index is 13.4. The summed E-state index contributed by atoms with van der Waals surface area (Å²) >= 11 is 6.21. The van der Waals surface area contributed by atoms with Gasteiger partial charge in [0.05, 0.1) is 17.7 Å². The highest BCUT2D eigenvalue weighted by Gasteiger charge is 2.31. The zero-order valence-electron chi connectivity index (χ0n) is 17.3. The van der Waals surface area contributed by atoms with Crippen LogP contribution in [0, 0.1) is 12.7 Å². The SMILES string of the molecule is Cc1c(OC(=O)c2cccc(F)c2)ccc2c1O/C(=C\c1cc(Cl)cc3c1OCOC3)C2=O. The van der Waals surface area contributed by atoms with Crippen LogP contribution >= 0.6 is 11.6 Å². The summed E-state index contributed by atoms with van der Waals surface area (Å²) in [6.07, 6.45) is 1.57. The fourth-order valence-corrected chi connectivity index (χ4v) is 3.96. The molecule has 33 heavy (non-hydrogen) atoms. The topological polar surface area (TPSA) is 71.1 Å². The van der Waals surface area contributed by atoms with Crippen molar-refractivity contribution in [3.8, 4) is 17.2 Å². The van der Waals surface area contributed by atoms with Crippen molar-refractivity contribution in [3.63, 3.8) is 0 Å². The number of halogens is 2. The van der Waals surface area contributed by atoms with Gasteiger partial charge in [-0.25, -0.2) is 9.18 Å². The first-order valence-electron chi connectivity index (χ1n) is 9.99. The molecule has 0 aromatic heterocycles. The molecule has 6 nitrogen and oxygen atoms in total. The van der Waals surface area contributed by atoms with Crippen LogP contribution in [-0.2, 0) is 11.3 Å². The molecular formula is C25H16ClFO6. The summed E-state index contributed by atoms with van der Waals surface area (Å²) in [7, 11) is 0. The van der Waals surface area contributed by atoms with E-state index in [0.29, 0.717) is 34.1 Å². The second-order valence-corrected chi connectivity index (χ2v) is 7.94. The van der Waals surface area contributed by atoms with Crippen LogP contribution in [0.4, 0.5) is 4.39 Å². The maximum atomic E-state index is 13.4. The van der Waals surface area contributed by atoms with Gasteiger partial charge in [0.1, 0.15) is 23.1 Å². The van der Waals surface area contributed by atoms with Gasteiger partial charge in [-0.1, -0.05) is 17.7 Å². The summed E-state index contributed by atoms with van der Waals surface area (Å²) in [4.78, 5) is 25.4. The van der Waals surface area contributed by atoms with Crippen molar-refractivity contribution in [3.05, 3.63) is 92.9 Å². The van der Waals surface area contributed by atoms with Crippen molar-refractivity contribution in [2.75, 3.05) is 6.79 Å². The zero-order chi connectivity index (χ0) is 23.1. The molecule has 0 unspecified atom stereocenters. The Balaban J connectivity index is 1.45. The zero-order valence-corrected chi connectivity index (χ0v) is 18.1. The van der Waals surface area contributed by atoms with Crippen LogP contribution in [0.1, 0.15) is 37.4 Å². The number of esters is 1. The number of fused-ring (bicyclic) bond motifs is 2. The quantitative estimate of drug-likeness (QED) is 0.289. The molecule has 0 atom stereocenters. The van der Waals surface area contributed by atoms with Crippen molar-refractivity contribution in [1.29, 1.82) is 0 Å². The third-order valence-electron chi connectivity index (χ3n) is 5.29. The van der Waals surface area contributed by atoms with Gasteiger partial charge >= 0.3 is 5.97 Å². The maximum Gasteiger partial charge on any atom is 0.343 e. The molecule has 0 saturated heterocycles. The minimum absolute atomic E-state index is 0.0715. The Kier molecular flexibility index (Phi) is 5.36. The van der Waals surface area contributed by atoms with Gasteiger partial charge in [0, 0.05) is 21.7 Å². The van der Waals surface area contributed by atoms with Gasteiger partial charge in [-0.2, -0.15) is 0 Å². The number of allylic oxidation sites excluding steroid dienone is 1. The van der Waals surface area contributed by atoms with Gasteiger partial charge in [-0.3, -0.25) is 4.79 Å². The van der Waals surface area contributed by atoms with Crippen molar-refractivity contribution < 1.29 is 32.9 Å². The van der Waals surface area contributed by atoms with Crippen LogP contribution in [0.2, 0.25) is 5.02 Å². The summed E-state index contributed by atoms with van der Waals surface area (Å²) in [5.74, 6) is -0.432. The Hall–Kier alpha value is -3.68. The normalized spacial score (nSPS) is 15.5. The van der Waals surface area contributed by atoms with Crippen LogP contribution in [-0.4, -0.2) is 18.5 Å². The summed E-state index contributed by atoms with van der Waals surface area (Å²) in [5.41, 5.74) is 2.23. The molecule has 0 saturated carbocycles. The van der Waals surface area contributed by atoms with Gasteiger partial charge in [-0.15, -0.1) is 0 Å². The molecule has 3 aromatic rings. The second kappa shape index (κ2) is 8.35. The number of carbonyl (C=O) groups is 2. The van der Waals surface area contributed by atoms with Crippen LogP contribution in [0.15, 0.2) is 54.3 Å². The number of carbonyl (C=O) groups excluding carboxylic acids is 2. The monoisotopic (exact) mass is 466 g/mol. The molecule has 8 heteroatoms. The minimum Gasteiger partial charge on any atom is -0.467 e. The van der Waals surface area contributed by atoms with E-state index in [0.717, 1.165) is 11.6 Å². The first kappa shape index (κ1) is 21.2. The Bertz CT molecular complexity index is 1350. The van der Waals surface area contributed by atoms with Gasteiger partial charge < -0.3 is 18.9 Å². The predicted molar refractivity (Wildman–Crippen MR) is 117 cm³/mol. The Morgan fingerprint density at radius 1 is 1.15 bits per heavy atom. The molecule has 5 rings (SSSR count). The molecule has 3 aromatic carbocycles. The number of ether oxygens (including phenoxy) is 4. The van der Waals surface area contributed by atoms with E-state index in [1.807, 2.05) is 0 Å². The van der Waals surface area contributed by atoms with Crippen LogP contribution in [0.3, 0.4) is 0 Å². The highest BCUT2D eigenvalue weighted by Crippen LogP contribution is 2.41. The molecule has 0 radical (unpaired) electrons. The van der Waals surface area contributed by atoms with Crippen molar-refractivity contribution in [2.24, 2.45) is 0 Å². The summed E-state index contributed by atoms with van der Waals surface area (Å²) < 4.78 is 35.6. The number of rotatable bonds is 3. The van der Waals surface area contributed by atoms with E-state index in [2.05, 4.69) is 0 Å². The lowest BCUT2D eigenvalue weighted by molar-refractivity contribution is -0.0165. The highest BCUT2D eigenvalue weighted by atomic mass is 35.5. The summed E-state index contributed by atoms with van der Waals surface area (Å²) in [6, 6.07) is 11.7. The molecule has 2 aliphatic heterocycles. The average Bonchev–Trinajstić information content (AvgIpc) is 3.11. The number of hydrogen-bond donors (Lipinski definition) is 0. The molecular weight excluding hydrogens is 451 g/mol. The van der Waals surface area contributed by atoms with Crippen LogP contribution in [0.5, 0.6) is 17.2 Å². The van der Waals surface area contributed by atoms with E-state index < -0.39 is 11.8 Å². The predicted octanol–water partition coefficient (Wildman–Crippen LogP) is 5.49. The molecule has 0 fully saturated rings. The molecule has 0 bridgehead atoms. The first-order chi connectivity index (χ1) is 15.9. The van der Waals surface area contributed by atoms with Crippen LogP contribution < -0.4 is 14.2 Å². The van der Waals surface area contributed by atoms with Gasteiger partial charge in [0.15, 0.2) is 12.6 Å². The third kappa shape index (κ3) is 3.97. The molecule has 0 aliphatic carbocycles. The molecule has 2 aliphatic rings. The van der Waals surface area contributed by atoms with E-state index >= 15 is 0 Å². The standard InChI is InChI=1S/C25H16ClFO6/c1-13-20(33-25(29)14-3-2-4-18(27)9-14)6-5-19-22(28)21(32-23(13)19)10-15-7-17(26)8-16-11-30-12-31-24(15)16/h2-10H,11-12H2,1H3/b21-10-. The Morgan fingerprint density at radius 2 is 2.00 bits per heavy atom. The number of Topliss-reactive ketones (excluding diaryl/α,β-unsaturated/α-hetero) is 1. The molecule has 2 heterocycles. The molecule has 0 spiro atoms. The van der Waals surface area contributed by atoms with Crippen molar-refractivity contribution in [1.82, 2.24) is 0 Å². The lowest BCUT2D eigenvalue weighted by Gasteiger charge is -2.20. The van der Waals surface area contributed by atoms with Gasteiger partial charge in [0.2, 0.25) is 5.78 Å². The Morgan fingerprint density at radius 3 is 2.82 bits per heavy atom. The molecule has 166 valence electrons. The van der Waals surface area contributed by atoms with E-state index in [1.54, 1.807) is 25.1 Å². The number of ketones is 1. The minimum atomic E-state index is -0.720. The summed E-state index contributed by atoms with van der Waals surface area (Å²) in [5, 5.41) is 0.473. The van der Waals surface area contributed by atoms with Gasteiger partial charge in [-0.05, 0) is 55.5 Å². The second-order valence-electron chi connectivity index (χ2n) is 7.50. The van der Waals surface area contributed by atoms with Crippen molar-refractivity contribution >= 4 is 29.4 Å². The smallest absolute Gasteiger partial charge is 0.343 e. The van der Waals surface area contributed by atoms with Crippen LogP contribution in [0.25, 0.3) is 6.08 Å². The average molecular weight is 467 g/mol. The first-order valence-corrected chi connectivity index (χ1v) is 10.4. The van der Waals surface area contributed by atoms with E-state index in [1.165, 1.54) is 30.3 Å². The van der Waals surface area contributed by atoms with E-state index in [9.17, 15) is 14.0 Å². The molecule has 0 N–H and O–H groups in total. The molecule has 0 amide bonds. The summed E-state index contributed by atoms with van der Waals surface area (Å²) in [6.45, 7) is 2.12. The number of hydrogen-bond acceptors (Lipinski definition) is 6. The van der Waals surface area contributed by atoms with E-state index in [-0.39, 0.29) is 35.4 Å². The fraction of sp³-hybridized carbons (Fsp3) is 0.120. The third-order valence-corrected chi connectivity index (χ3v) is 5.51. The lowest BCUT2D eigenvalue weighted by Crippen LogP contribution is -2.12. The highest BCUT2D eigenvalue weighted by molar-refractivity contribution is 6.31. The van der Waals surface area contributed by atoms with E-state index in [4.69, 9.17) is 30.5 Å². The van der Waals surface area contributed by atoms with Crippen molar-refractivity contribution in [2.45, 2.75) is 13.5 Å². The lowest BCUT2D eigenvalue weighted by atomic mass is 10.0.